The van der Waals surface area contributed by atoms with E-state index < -0.39 is 0 Å². The van der Waals surface area contributed by atoms with Crippen molar-refractivity contribution in [1.82, 2.24) is 10.6 Å². The van der Waals surface area contributed by atoms with E-state index in [1.807, 2.05) is 0 Å². The molecule has 0 aromatic carbocycles. The molecule has 0 aromatic heterocycles. The lowest BCUT2D eigenvalue weighted by molar-refractivity contribution is -0.174. The van der Waals surface area contributed by atoms with Gasteiger partial charge in [-0.3, -0.25) is 4.79 Å². The summed E-state index contributed by atoms with van der Waals surface area (Å²) < 4.78 is 0. The number of rotatable bonds is 12. The van der Waals surface area contributed by atoms with Crippen LogP contribution in [0.25, 0.3) is 0 Å². The number of carbonyl (C=O) groups is 1. The third-order valence-corrected chi connectivity index (χ3v) is 11.9. The van der Waals surface area contributed by atoms with E-state index in [-0.39, 0.29) is 28.9 Å². The van der Waals surface area contributed by atoms with Crippen molar-refractivity contribution < 1.29 is 15.0 Å². The fourth-order valence-electron chi connectivity index (χ4n) is 9.78. The smallest absolute Gasteiger partial charge is 0.220 e. The van der Waals surface area contributed by atoms with Gasteiger partial charge in [-0.2, -0.15) is 0 Å². The van der Waals surface area contributed by atoms with Crippen LogP contribution < -0.4 is 16.4 Å². The first-order valence-corrected chi connectivity index (χ1v) is 15.7. The van der Waals surface area contributed by atoms with Crippen LogP contribution in [-0.2, 0) is 4.79 Å². The summed E-state index contributed by atoms with van der Waals surface area (Å²) in [6.45, 7) is 10.8. The molecule has 0 aromatic rings. The minimum Gasteiger partial charge on any atom is -0.393 e. The molecule has 4 aliphatic carbocycles. The Balaban J connectivity index is 1.25. The summed E-state index contributed by atoms with van der Waals surface area (Å²) in [6, 6.07) is 0. The fraction of sp³-hybridized carbons (Fsp3) is 0.968. The van der Waals surface area contributed by atoms with Crippen LogP contribution >= 0.6 is 0 Å². The highest BCUT2D eigenvalue weighted by molar-refractivity contribution is 5.75. The summed E-state index contributed by atoms with van der Waals surface area (Å²) >= 11 is 0. The molecule has 0 aliphatic heterocycles. The Bertz CT molecular complexity index is 749. The van der Waals surface area contributed by atoms with Gasteiger partial charge in [0.15, 0.2) is 0 Å². The summed E-state index contributed by atoms with van der Waals surface area (Å²) in [7, 11) is 0. The molecule has 0 spiro atoms. The van der Waals surface area contributed by atoms with E-state index in [1.54, 1.807) is 0 Å². The second kappa shape index (κ2) is 12.7. The molecule has 0 radical (unpaired) electrons. The molecular formula is C31H57N3O3. The van der Waals surface area contributed by atoms with Gasteiger partial charge < -0.3 is 26.6 Å². The van der Waals surface area contributed by atoms with Crippen molar-refractivity contribution in [3.63, 3.8) is 0 Å². The third-order valence-electron chi connectivity index (χ3n) is 11.9. The number of fused-ring (bicyclic) bond motifs is 5. The fourth-order valence-corrected chi connectivity index (χ4v) is 9.78. The Hall–Kier alpha value is -0.690. The van der Waals surface area contributed by atoms with Gasteiger partial charge in [0.2, 0.25) is 5.91 Å². The van der Waals surface area contributed by atoms with Crippen molar-refractivity contribution in [3.05, 3.63) is 0 Å². The molecule has 4 aliphatic rings. The summed E-state index contributed by atoms with van der Waals surface area (Å²) in [5.74, 6) is 3.47. The number of carbonyl (C=O) groups excluding carboxylic acids is 1. The molecule has 0 saturated heterocycles. The number of aliphatic hydroxyl groups is 2. The maximum Gasteiger partial charge on any atom is 0.220 e. The Morgan fingerprint density at radius 1 is 0.946 bits per heavy atom. The Kier molecular flexibility index (Phi) is 10.0. The van der Waals surface area contributed by atoms with Crippen molar-refractivity contribution >= 4 is 5.91 Å². The zero-order valence-electron chi connectivity index (χ0n) is 24.0. The lowest BCUT2D eigenvalue weighted by atomic mass is 9.43. The van der Waals surface area contributed by atoms with Crippen LogP contribution in [-0.4, -0.2) is 54.5 Å². The molecule has 6 N–H and O–H groups in total. The molecule has 0 bridgehead atoms. The molecule has 214 valence electrons. The summed E-state index contributed by atoms with van der Waals surface area (Å²) in [5, 5.41) is 28.3. The number of aliphatic hydroxyl groups excluding tert-OH is 2. The molecule has 37 heavy (non-hydrogen) atoms. The number of unbranched alkanes of at least 4 members (excludes halogenated alkanes) is 1. The molecule has 0 heterocycles. The van der Waals surface area contributed by atoms with Gasteiger partial charge in [0.25, 0.3) is 0 Å². The van der Waals surface area contributed by atoms with E-state index in [1.165, 1.54) is 25.7 Å². The van der Waals surface area contributed by atoms with Gasteiger partial charge in [0.05, 0.1) is 12.2 Å². The second-order valence-corrected chi connectivity index (χ2v) is 13.9. The predicted molar refractivity (Wildman–Crippen MR) is 150 cm³/mol. The first kappa shape index (κ1) is 29.3. The Morgan fingerprint density at radius 3 is 2.46 bits per heavy atom. The lowest BCUT2D eigenvalue weighted by Crippen LogP contribution is -2.58. The van der Waals surface area contributed by atoms with E-state index in [0.717, 1.165) is 77.5 Å². The van der Waals surface area contributed by atoms with E-state index >= 15 is 0 Å². The van der Waals surface area contributed by atoms with Crippen LogP contribution in [0.5, 0.6) is 0 Å². The zero-order chi connectivity index (χ0) is 26.6. The molecular weight excluding hydrogens is 462 g/mol. The minimum atomic E-state index is -0.215. The monoisotopic (exact) mass is 519 g/mol. The normalized spacial score (nSPS) is 41.9. The molecule has 1 amide bonds. The molecule has 10 atom stereocenters. The second-order valence-electron chi connectivity index (χ2n) is 13.9. The van der Waals surface area contributed by atoms with E-state index in [4.69, 9.17) is 5.73 Å². The largest absolute Gasteiger partial charge is 0.393 e. The molecule has 4 saturated carbocycles. The molecule has 4 rings (SSSR count). The van der Waals surface area contributed by atoms with Crippen molar-refractivity contribution in [1.29, 1.82) is 0 Å². The van der Waals surface area contributed by atoms with Crippen LogP contribution in [0.4, 0.5) is 0 Å². The number of hydrogen-bond acceptors (Lipinski definition) is 5. The summed E-state index contributed by atoms with van der Waals surface area (Å²) in [5.41, 5.74) is 6.09. The Labute approximate surface area is 226 Å². The van der Waals surface area contributed by atoms with Crippen molar-refractivity contribution in [2.24, 2.45) is 52.1 Å². The van der Waals surface area contributed by atoms with Gasteiger partial charge >= 0.3 is 0 Å². The van der Waals surface area contributed by atoms with Crippen LogP contribution in [0.15, 0.2) is 0 Å². The minimum absolute atomic E-state index is 0.173. The number of hydrogen-bond donors (Lipinski definition) is 5. The first-order chi connectivity index (χ1) is 17.7. The molecule has 6 heteroatoms. The highest BCUT2D eigenvalue weighted by atomic mass is 16.3. The Morgan fingerprint density at radius 2 is 1.68 bits per heavy atom. The van der Waals surface area contributed by atoms with Gasteiger partial charge in [-0.05, 0) is 143 Å². The summed E-state index contributed by atoms with van der Waals surface area (Å²) in [6.07, 6.45) is 13.1. The molecule has 4 fully saturated rings. The highest BCUT2D eigenvalue weighted by Gasteiger charge is 2.62. The molecule has 6 nitrogen and oxygen atoms in total. The van der Waals surface area contributed by atoms with Crippen molar-refractivity contribution in [3.8, 4) is 0 Å². The third kappa shape index (κ3) is 6.23. The zero-order valence-corrected chi connectivity index (χ0v) is 24.0. The standard InChI is InChI=1S/C31H57N3O3/c1-21(7-10-28(37)34-18-6-17-33-16-5-4-15-32)24-8-9-25-29-26(12-14-31(24,25)3)30(2)13-11-23(35)19-22(30)20-27(29)36/h21-27,29,33,35-36H,4-20,32H2,1-3H3,(H,34,37)/t21-,22+,23-,24-,25+,26+,27-,29+,30+,31-/m0/s1. The average Bonchev–Trinajstić information content (AvgIpc) is 3.22. The lowest BCUT2D eigenvalue weighted by Gasteiger charge is -2.62. The van der Waals surface area contributed by atoms with Gasteiger partial charge in [-0.15, -0.1) is 0 Å². The van der Waals surface area contributed by atoms with Crippen LogP contribution in [0.3, 0.4) is 0 Å². The number of nitrogens with one attached hydrogen (secondary N) is 2. The van der Waals surface area contributed by atoms with E-state index in [9.17, 15) is 15.0 Å². The maximum absolute atomic E-state index is 12.5. The topological polar surface area (TPSA) is 108 Å². The van der Waals surface area contributed by atoms with Gasteiger partial charge in [-0.1, -0.05) is 20.8 Å². The summed E-state index contributed by atoms with van der Waals surface area (Å²) in [4.78, 5) is 12.5. The quantitative estimate of drug-likeness (QED) is 0.248. The molecule has 0 unspecified atom stereocenters. The van der Waals surface area contributed by atoms with Crippen molar-refractivity contribution in [2.75, 3.05) is 26.2 Å². The van der Waals surface area contributed by atoms with Gasteiger partial charge in [0, 0.05) is 13.0 Å². The van der Waals surface area contributed by atoms with Crippen LogP contribution in [0, 0.1) is 46.3 Å². The van der Waals surface area contributed by atoms with Crippen LogP contribution in [0.2, 0.25) is 0 Å². The van der Waals surface area contributed by atoms with Gasteiger partial charge in [-0.25, -0.2) is 0 Å². The highest BCUT2D eigenvalue weighted by Crippen LogP contribution is 2.68. The number of nitrogens with two attached hydrogens (primary N) is 1. The first-order valence-electron chi connectivity index (χ1n) is 15.7. The SMILES string of the molecule is C[C@@H](CCC(=O)NCCCNCCCCN)[C@@H]1CC[C@@H]2[C@@H]3[C@@H](CC[C@]21C)[C@]1(C)CC[C@H](O)C[C@@H]1C[C@@H]3O. The van der Waals surface area contributed by atoms with Crippen LogP contribution in [0.1, 0.15) is 104 Å². The van der Waals surface area contributed by atoms with Gasteiger partial charge in [0.1, 0.15) is 0 Å². The maximum atomic E-state index is 12.5. The number of amides is 1. The van der Waals surface area contributed by atoms with E-state index in [0.29, 0.717) is 41.9 Å². The predicted octanol–water partition coefficient (Wildman–Crippen LogP) is 4.23. The average molecular weight is 520 g/mol. The van der Waals surface area contributed by atoms with E-state index in [2.05, 4.69) is 31.4 Å². The van der Waals surface area contributed by atoms with Crippen molar-refractivity contribution in [2.45, 2.75) is 116 Å².